The molecule has 2 aliphatic heterocycles. The highest BCUT2D eigenvalue weighted by molar-refractivity contribution is 6.30. The van der Waals surface area contributed by atoms with Crippen LogP contribution in [0.1, 0.15) is 41.7 Å². The fourth-order valence-electron chi connectivity index (χ4n) is 3.54. The van der Waals surface area contributed by atoms with E-state index in [4.69, 9.17) is 11.6 Å². The number of likely N-dealkylation sites (tertiary alicyclic amines) is 2. The molecule has 6 nitrogen and oxygen atoms in total. The van der Waals surface area contributed by atoms with E-state index in [1.807, 2.05) is 4.90 Å². The number of aromatic nitrogens is 2. The normalized spacial score (nSPS) is 24.0. The summed E-state index contributed by atoms with van der Waals surface area (Å²) < 4.78 is 0. The number of piperidine rings is 2. The van der Waals surface area contributed by atoms with Crippen molar-refractivity contribution in [2.75, 3.05) is 26.2 Å². The summed E-state index contributed by atoms with van der Waals surface area (Å²) in [6.45, 7) is 5.03. The number of halogens is 1. The molecular weight excluding hydrogens is 316 g/mol. The van der Waals surface area contributed by atoms with Crippen molar-refractivity contribution in [2.24, 2.45) is 0 Å². The van der Waals surface area contributed by atoms with Gasteiger partial charge in [-0.1, -0.05) is 11.6 Å². The Balaban J connectivity index is 1.60. The van der Waals surface area contributed by atoms with Gasteiger partial charge in [0.2, 0.25) is 0 Å². The Kier molecular flexibility index (Phi) is 5.14. The van der Waals surface area contributed by atoms with Gasteiger partial charge in [0.05, 0.1) is 6.10 Å². The van der Waals surface area contributed by atoms with Gasteiger partial charge in [0.1, 0.15) is 17.2 Å². The lowest BCUT2D eigenvalue weighted by molar-refractivity contribution is 0.0239. The van der Waals surface area contributed by atoms with Crippen LogP contribution < -0.4 is 0 Å². The van der Waals surface area contributed by atoms with E-state index < -0.39 is 0 Å². The topological polar surface area (TPSA) is 69.6 Å². The van der Waals surface area contributed by atoms with E-state index in [9.17, 15) is 9.90 Å². The molecule has 0 aliphatic carbocycles. The predicted octanol–water partition coefficient (Wildman–Crippen LogP) is 1.50. The average Bonchev–Trinajstić information content (AvgIpc) is 2.57. The molecule has 0 radical (unpaired) electrons. The summed E-state index contributed by atoms with van der Waals surface area (Å²) in [5.74, 6) is -0.0658. The van der Waals surface area contributed by atoms with Crippen LogP contribution in [0.4, 0.5) is 0 Å². The molecule has 1 atom stereocenters. The van der Waals surface area contributed by atoms with Gasteiger partial charge in [0.15, 0.2) is 0 Å². The first-order valence-electron chi connectivity index (χ1n) is 8.24. The van der Waals surface area contributed by atoms with Crippen LogP contribution in [0, 0.1) is 6.92 Å². The zero-order valence-corrected chi connectivity index (χ0v) is 14.2. The number of carbonyl (C=O) groups is 1. The summed E-state index contributed by atoms with van der Waals surface area (Å²) in [6.07, 6.45) is 4.98. The highest BCUT2D eigenvalue weighted by atomic mass is 35.5. The molecule has 2 aliphatic rings. The van der Waals surface area contributed by atoms with Crippen molar-refractivity contribution in [3.63, 3.8) is 0 Å². The lowest BCUT2D eigenvalue weighted by Crippen LogP contribution is -2.50. The summed E-state index contributed by atoms with van der Waals surface area (Å²) in [7, 11) is 0. The first-order valence-corrected chi connectivity index (χ1v) is 8.62. The SMILES string of the molecule is Cc1c(Cl)ncnc1C(=O)N1CCC(N2CCCC(O)C2)CC1. The Morgan fingerprint density at radius 3 is 2.70 bits per heavy atom. The lowest BCUT2D eigenvalue weighted by Gasteiger charge is -2.41. The number of carbonyl (C=O) groups excluding carboxylic acids is 1. The van der Waals surface area contributed by atoms with Crippen LogP contribution >= 0.6 is 11.6 Å². The quantitative estimate of drug-likeness (QED) is 0.828. The maximum atomic E-state index is 12.6. The summed E-state index contributed by atoms with van der Waals surface area (Å²) in [5.41, 5.74) is 1.04. The molecule has 0 spiro atoms. The monoisotopic (exact) mass is 338 g/mol. The molecule has 0 saturated carbocycles. The minimum atomic E-state index is -0.200. The van der Waals surface area contributed by atoms with E-state index in [2.05, 4.69) is 14.9 Å². The number of amides is 1. The fourth-order valence-corrected chi connectivity index (χ4v) is 3.68. The second kappa shape index (κ2) is 7.11. The first-order chi connectivity index (χ1) is 11.1. The van der Waals surface area contributed by atoms with Crippen molar-refractivity contribution in [1.29, 1.82) is 0 Å². The summed E-state index contributed by atoms with van der Waals surface area (Å²) >= 11 is 5.98. The Hall–Kier alpha value is -1.24. The third-order valence-electron chi connectivity index (χ3n) is 4.92. The Labute approximate surface area is 141 Å². The van der Waals surface area contributed by atoms with E-state index in [1.165, 1.54) is 6.33 Å². The molecule has 126 valence electrons. The lowest BCUT2D eigenvalue weighted by atomic mass is 9.98. The average molecular weight is 339 g/mol. The van der Waals surface area contributed by atoms with E-state index in [0.717, 1.165) is 51.9 Å². The largest absolute Gasteiger partial charge is 0.392 e. The van der Waals surface area contributed by atoms with Crippen molar-refractivity contribution in [2.45, 2.75) is 44.8 Å². The molecule has 2 fully saturated rings. The van der Waals surface area contributed by atoms with Gasteiger partial charge >= 0.3 is 0 Å². The van der Waals surface area contributed by atoms with Crippen molar-refractivity contribution in [3.05, 3.63) is 22.7 Å². The van der Waals surface area contributed by atoms with Gasteiger partial charge in [-0.2, -0.15) is 0 Å². The number of aliphatic hydroxyl groups is 1. The zero-order valence-electron chi connectivity index (χ0n) is 13.4. The summed E-state index contributed by atoms with van der Waals surface area (Å²) in [5, 5.41) is 10.2. The number of rotatable bonds is 2. The highest BCUT2D eigenvalue weighted by Crippen LogP contribution is 2.23. The molecule has 1 aromatic heterocycles. The number of nitrogens with zero attached hydrogens (tertiary/aromatic N) is 4. The molecule has 23 heavy (non-hydrogen) atoms. The fraction of sp³-hybridized carbons (Fsp3) is 0.688. The van der Waals surface area contributed by atoms with Gasteiger partial charge in [-0.15, -0.1) is 0 Å². The predicted molar refractivity (Wildman–Crippen MR) is 87.5 cm³/mol. The van der Waals surface area contributed by atoms with E-state index in [1.54, 1.807) is 6.92 Å². The molecule has 2 saturated heterocycles. The summed E-state index contributed by atoms with van der Waals surface area (Å²) in [6, 6.07) is 0.462. The van der Waals surface area contributed by atoms with Gasteiger partial charge in [0, 0.05) is 31.2 Å². The molecule has 3 rings (SSSR count). The van der Waals surface area contributed by atoms with Crippen molar-refractivity contribution in [1.82, 2.24) is 19.8 Å². The molecule has 0 bridgehead atoms. The van der Waals surface area contributed by atoms with Crippen LogP contribution in [-0.2, 0) is 0 Å². The van der Waals surface area contributed by atoms with E-state index in [0.29, 0.717) is 22.5 Å². The number of aliphatic hydroxyl groups excluding tert-OH is 1. The van der Waals surface area contributed by atoms with Crippen molar-refractivity contribution < 1.29 is 9.90 Å². The third kappa shape index (κ3) is 3.65. The van der Waals surface area contributed by atoms with E-state index >= 15 is 0 Å². The highest BCUT2D eigenvalue weighted by Gasteiger charge is 2.30. The van der Waals surface area contributed by atoms with Crippen LogP contribution in [0.3, 0.4) is 0 Å². The minimum absolute atomic E-state index is 0.0658. The smallest absolute Gasteiger partial charge is 0.272 e. The second-order valence-electron chi connectivity index (χ2n) is 6.45. The van der Waals surface area contributed by atoms with Gasteiger partial charge in [0.25, 0.3) is 5.91 Å². The maximum Gasteiger partial charge on any atom is 0.272 e. The van der Waals surface area contributed by atoms with Gasteiger partial charge in [-0.05, 0) is 39.2 Å². The molecule has 1 unspecified atom stereocenters. The van der Waals surface area contributed by atoms with Crippen LogP contribution in [0.25, 0.3) is 0 Å². The molecule has 1 N–H and O–H groups in total. The number of hydrogen-bond acceptors (Lipinski definition) is 5. The molecule has 3 heterocycles. The molecule has 1 amide bonds. The molecule has 7 heteroatoms. The van der Waals surface area contributed by atoms with Crippen LogP contribution in [0.2, 0.25) is 5.15 Å². The van der Waals surface area contributed by atoms with Crippen LogP contribution in [0.5, 0.6) is 0 Å². The van der Waals surface area contributed by atoms with Gasteiger partial charge < -0.3 is 10.0 Å². The zero-order chi connectivity index (χ0) is 16.4. The first kappa shape index (κ1) is 16.6. The summed E-state index contributed by atoms with van der Waals surface area (Å²) in [4.78, 5) is 24.9. The molecule has 0 aromatic carbocycles. The third-order valence-corrected chi connectivity index (χ3v) is 5.30. The number of hydrogen-bond donors (Lipinski definition) is 1. The van der Waals surface area contributed by atoms with Gasteiger partial charge in [-0.3, -0.25) is 9.69 Å². The van der Waals surface area contributed by atoms with Crippen LogP contribution in [0.15, 0.2) is 6.33 Å². The Morgan fingerprint density at radius 2 is 2.00 bits per heavy atom. The molecular formula is C16H23ClN4O2. The minimum Gasteiger partial charge on any atom is -0.392 e. The molecule has 1 aromatic rings. The number of β-amino-alcohol motifs (C(OH)–C–C–N with tert-alkyl or cyclic N) is 1. The van der Waals surface area contributed by atoms with Gasteiger partial charge in [-0.25, -0.2) is 9.97 Å². The van der Waals surface area contributed by atoms with Crippen molar-refractivity contribution >= 4 is 17.5 Å². The Morgan fingerprint density at radius 1 is 1.26 bits per heavy atom. The second-order valence-corrected chi connectivity index (χ2v) is 6.81. The standard InChI is InChI=1S/C16H23ClN4O2/c1-11-14(18-10-19-15(11)17)16(23)20-7-4-12(5-8-20)21-6-2-3-13(22)9-21/h10,12-13,22H,2-9H2,1H3. The van der Waals surface area contributed by atoms with E-state index in [-0.39, 0.29) is 12.0 Å². The Bertz CT molecular complexity index is 575. The van der Waals surface area contributed by atoms with Crippen molar-refractivity contribution in [3.8, 4) is 0 Å². The van der Waals surface area contributed by atoms with Crippen LogP contribution in [-0.4, -0.2) is 69.1 Å². The maximum absolute atomic E-state index is 12.6.